The predicted molar refractivity (Wildman–Crippen MR) is 100 cm³/mol. The van der Waals surface area contributed by atoms with Gasteiger partial charge in [0.25, 0.3) is 11.1 Å². The zero-order valence-corrected chi connectivity index (χ0v) is 14.7. The van der Waals surface area contributed by atoms with Gasteiger partial charge >= 0.3 is 5.97 Å². The summed E-state index contributed by atoms with van der Waals surface area (Å²) in [4.78, 5) is 34.0. The van der Waals surface area contributed by atoms with Crippen molar-refractivity contribution in [1.82, 2.24) is 5.32 Å². The van der Waals surface area contributed by atoms with Crippen LogP contribution in [0.2, 0.25) is 0 Å². The molecule has 0 saturated carbocycles. The summed E-state index contributed by atoms with van der Waals surface area (Å²) < 4.78 is 5.81. The Balaban J connectivity index is 1.81. The van der Waals surface area contributed by atoms with Crippen LogP contribution >= 0.6 is 11.8 Å². The van der Waals surface area contributed by atoms with Gasteiger partial charge in [-0.2, -0.15) is 0 Å². The molecule has 2 amide bonds. The minimum Gasteiger partial charge on any atom is -0.493 e. The fourth-order valence-electron chi connectivity index (χ4n) is 2.67. The molecule has 26 heavy (non-hydrogen) atoms. The number of hydrogen-bond acceptors (Lipinski definition) is 5. The maximum atomic E-state index is 11.8. The van der Waals surface area contributed by atoms with Gasteiger partial charge in [-0.3, -0.25) is 19.7 Å². The van der Waals surface area contributed by atoms with Crippen LogP contribution in [-0.2, 0) is 9.59 Å². The third-order valence-electron chi connectivity index (χ3n) is 3.89. The summed E-state index contributed by atoms with van der Waals surface area (Å²) >= 11 is 0.885. The van der Waals surface area contributed by atoms with Crippen molar-refractivity contribution in [2.75, 3.05) is 6.61 Å². The predicted octanol–water partition coefficient (Wildman–Crippen LogP) is 3.80. The quantitative estimate of drug-likeness (QED) is 0.568. The van der Waals surface area contributed by atoms with Crippen LogP contribution < -0.4 is 10.1 Å². The van der Waals surface area contributed by atoms with Gasteiger partial charge in [0.05, 0.1) is 11.5 Å². The van der Waals surface area contributed by atoms with Crippen LogP contribution in [0.4, 0.5) is 4.79 Å². The fourth-order valence-corrected chi connectivity index (χ4v) is 3.34. The molecule has 7 heteroatoms. The van der Waals surface area contributed by atoms with Gasteiger partial charge in [-0.1, -0.05) is 30.3 Å². The number of aliphatic carboxylic acids is 1. The number of unbranched alkanes of at least 4 members (excludes halogenated alkanes) is 1. The molecular weight excluding hydrogens is 354 g/mol. The number of fused-ring (bicyclic) bond motifs is 1. The van der Waals surface area contributed by atoms with Crippen molar-refractivity contribution in [2.24, 2.45) is 0 Å². The Labute approximate surface area is 154 Å². The molecule has 1 aliphatic heterocycles. The summed E-state index contributed by atoms with van der Waals surface area (Å²) in [5.74, 6) is -0.486. The molecule has 1 fully saturated rings. The second kappa shape index (κ2) is 8.05. The number of imide groups is 1. The van der Waals surface area contributed by atoms with Crippen molar-refractivity contribution in [2.45, 2.75) is 19.3 Å². The van der Waals surface area contributed by atoms with Gasteiger partial charge in [-0.15, -0.1) is 0 Å². The summed E-state index contributed by atoms with van der Waals surface area (Å²) in [5.41, 5.74) is 0.825. The van der Waals surface area contributed by atoms with E-state index in [4.69, 9.17) is 9.84 Å². The van der Waals surface area contributed by atoms with Crippen LogP contribution in [0.15, 0.2) is 41.3 Å². The zero-order valence-electron chi connectivity index (χ0n) is 13.9. The number of nitrogens with one attached hydrogen (secondary N) is 1. The summed E-state index contributed by atoms with van der Waals surface area (Å²) in [6, 6.07) is 11.3. The number of benzene rings is 2. The van der Waals surface area contributed by atoms with Gasteiger partial charge in [0, 0.05) is 11.8 Å². The molecule has 6 nitrogen and oxygen atoms in total. The normalized spacial score (nSPS) is 15.5. The molecule has 3 rings (SSSR count). The van der Waals surface area contributed by atoms with E-state index >= 15 is 0 Å². The van der Waals surface area contributed by atoms with Crippen LogP contribution in [0.25, 0.3) is 16.8 Å². The van der Waals surface area contributed by atoms with Gasteiger partial charge in [0.1, 0.15) is 5.75 Å². The maximum Gasteiger partial charge on any atom is 0.303 e. The summed E-state index contributed by atoms with van der Waals surface area (Å²) in [6.45, 7) is 0.435. The molecule has 0 bridgehead atoms. The second-order valence-electron chi connectivity index (χ2n) is 5.75. The molecule has 0 radical (unpaired) electrons. The summed E-state index contributed by atoms with van der Waals surface area (Å²) in [6.07, 6.45) is 3.06. The third-order valence-corrected chi connectivity index (χ3v) is 4.70. The Morgan fingerprint density at radius 1 is 1.12 bits per heavy atom. The van der Waals surface area contributed by atoms with Gasteiger partial charge in [0.2, 0.25) is 0 Å². The van der Waals surface area contributed by atoms with E-state index in [1.807, 2.05) is 36.4 Å². The van der Waals surface area contributed by atoms with Crippen LogP contribution in [0, 0.1) is 0 Å². The van der Waals surface area contributed by atoms with E-state index in [-0.39, 0.29) is 17.6 Å². The lowest BCUT2D eigenvalue weighted by molar-refractivity contribution is -0.137. The maximum absolute atomic E-state index is 11.8. The number of carbonyl (C=O) groups excluding carboxylic acids is 2. The zero-order chi connectivity index (χ0) is 18.5. The Morgan fingerprint density at radius 3 is 2.58 bits per heavy atom. The van der Waals surface area contributed by atoms with Gasteiger partial charge < -0.3 is 9.84 Å². The minimum absolute atomic E-state index is 0.134. The van der Waals surface area contributed by atoms with E-state index in [2.05, 4.69) is 5.32 Å². The number of thioether (sulfide) groups is 1. The molecule has 134 valence electrons. The minimum atomic E-state index is -0.805. The Hall–Kier alpha value is -2.80. The number of ether oxygens (including phenoxy) is 1. The lowest BCUT2D eigenvalue weighted by Crippen LogP contribution is -2.17. The van der Waals surface area contributed by atoms with Gasteiger partial charge in [0.15, 0.2) is 0 Å². The van der Waals surface area contributed by atoms with Crippen molar-refractivity contribution in [3.8, 4) is 5.75 Å². The van der Waals surface area contributed by atoms with E-state index in [1.165, 1.54) is 0 Å². The average Bonchev–Trinajstić information content (AvgIpc) is 2.93. The van der Waals surface area contributed by atoms with Crippen molar-refractivity contribution < 1.29 is 24.2 Å². The van der Waals surface area contributed by atoms with Gasteiger partial charge in [-0.25, -0.2) is 0 Å². The summed E-state index contributed by atoms with van der Waals surface area (Å²) in [7, 11) is 0. The first kappa shape index (κ1) is 18.0. The number of carbonyl (C=O) groups is 3. The van der Waals surface area contributed by atoms with Crippen molar-refractivity contribution in [3.05, 3.63) is 46.9 Å². The number of carboxylic acids is 1. The Bertz CT molecular complexity index is 906. The van der Waals surface area contributed by atoms with Gasteiger partial charge in [-0.05, 0) is 47.7 Å². The second-order valence-corrected chi connectivity index (χ2v) is 6.76. The van der Waals surface area contributed by atoms with E-state index < -0.39 is 5.97 Å². The average molecular weight is 371 g/mol. The first-order chi connectivity index (χ1) is 12.5. The first-order valence-electron chi connectivity index (χ1n) is 8.16. The molecular formula is C19H17NO5S. The number of hydrogen-bond donors (Lipinski definition) is 2. The summed E-state index contributed by atoms with van der Waals surface area (Å²) in [5, 5.41) is 12.3. The molecule has 1 saturated heterocycles. The lowest BCUT2D eigenvalue weighted by Gasteiger charge is -2.11. The van der Waals surface area contributed by atoms with Crippen LogP contribution in [0.3, 0.4) is 0 Å². The van der Waals surface area contributed by atoms with Crippen molar-refractivity contribution in [3.63, 3.8) is 0 Å². The Morgan fingerprint density at radius 2 is 1.88 bits per heavy atom. The molecule has 1 aliphatic rings. The molecule has 2 aromatic rings. The van der Waals surface area contributed by atoms with E-state index in [1.54, 1.807) is 6.08 Å². The standard InChI is InChI=1S/C19H17NO5S/c21-17(22)7-3-4-10-25-15-9-8-12(13-5-1-2-6-14(13)15)11-16-18(23)20-19(24)26-16/h1-2,5-6,8-9,11H,3-4,7,10H2,(H,21,22)(H,20,23,24)/b16-11+. The lowest BCUT2D eigenvalue weighted by atomic mass is 10.0. The molecule has 0 unspecified atom stereocenters. The monoisotopic (exact) mass is 371 g/mol. The molecule has 0 aromatic heterocycles. The molecule has 0 spiro atoms. The molecule has 2 aromatic carbocycles. The van der Waals surface area contributed by atoms with E-state index in [9.17, 15) is 14.4 Å². The number of rotatable bonds is 7. The Kier molecular flexibility index (Phi) is 5.58. The van der Waals surface area contributed by atoms with Crippen molar-refractivity contribution >= 4 is 45.7 Å². The molecule has 2 N–H and O–H groups in total. The van der Waals surface area contributed by atoms with Crippen LogP contribution in [0.1, 0.15) is 24.8 Å². The van der Waals surface area contributed by atoms with E-state index in [0.29, 0.717) is 30.1 Å². The molecule has 1 heterocycles. The van der Waals surface area contributed by atoms with Crippen LogP contribution in [0.5, 0.6) is 5.75 Å². The smallest absolute Gasteiger partial charge is 0.303 e. The topological polar surface area (TPSA) is 92.7 Å². The molecule has 0 aliphatic carbocycles. The SMILES string of the molecule is O=C(O)CCCCOc1ccc(/C=C2/SC(=O)NC2=O)c2ccccc12. The highest BCUT2D eigenvalue weighted by molar-refractivity contribution is 8.18. The van der Waals surface area contributed by atoms with Crippen molar-refractivity contribution in [1.29, 1.82) is 0 Å². The number of carboxylic acid groups (broad SMARTS) is 1. The fraction of sp³-hybridized carbons (Fsp3) is 0.211. The highest BCUT2D eigenvalue weighted by atomic mass is 32.2. The first-order valence-corrected chi connectivity index (χ1v) is 8.97. The molecule has 0 atom stereocenters. The third kappa shape index (κ3) is 4.23. The highest BCUT2D eigenvalue weighted by Crippen LogP contribution is 2.32. The van der Waals surface area contributed by atoms with E-state index in [0.717, 1.165) is 28.1 Å². The van der Waals surface area contributed by atoms with Crippen LogP contribution in [-0.4, -0.2) is 28.8 Å². The highest BCUT2D eigenvalue weighted by Gasteiger charge is 2.25. The number of amides is 2. The largest absolute Gasteiger partial charge is 0.493 e.